The van der Waals surface area contributed by atoms with Crippen LogP contribution in [-0.4, -0.2) is 31.7 Å². The van der Waals surface area contributed by atoms with Crippen molar-refractivity contribution in [3.63, 3.8) is 0 Å². The third-order valence-corrected chi connectivity index (χ3v) is 8.21. The van der Waals surface area contributed by atoms with Gasteiger partial charge in [-0.05, 0) is 71.6 Å². The summed E-state index contributed by atoms with van der Waals surface area (Å²) in [7, 11) is -3.89. The van der Waals surface area contributed by atoms with Gasteiger partial charge in [-0.1, -0.05) is 18.2 Å². The second kappa shape index (κ2) is 8.48. The standard InChI is InChI=1S/C24H21BrN2O5S/c1-15-8-9-20-18(12-15)26-24(28)16-13-23(33(29,30)27-10-4-5-11-27)22(14-21(16)32-20)31-19-7-3-2-6-17(19)25/h2-3,6-9,12-14H,4-5,10-11H2,1H3,(H,26,28). The van der Waals surface area contributed by atoms with Gasteiger partial charge in [0.25, 0.3) is 5.91 Å². The van der Waals surface area contributed by atoms with Crippen molar-refractivity contribution in [2.75, 3.05) is 18.4 Å². The van der Waals surface area contributed by atoms with E-state index in [2.05, 4.69) is 21.2 Å². The lowest BCUT2D eigenvalue weighted by Crippen LogP contribution is -2.28. The van der Waals surface area contributed by atoms with Crippen molar-refractivity contribution in [3.05, 3.63) is 70.2 Å². The first-order chi connectivity index (χ1) is 15.8. The summed E-state index contributed by atoms with van der Waals surface area (Å²) in [5.74, 6) is 0.784. The molecule has 0 aliphatic carbocycles. The maximum Gasteiger partial charge on any atom is 0.259 e. The summed E-state index contributed by atoms with van der Waals surface area (Å²) in [6, 6.07) is 15.4. The van der Waals surface area contributed by atoms with Crippen LogP contribution in [0.25, 0.3) is 0 Å². The van der Waals surface area contributed by atoms with E-state index in [0.29, 0.717) is 34.7 Å². The Balaban J connectivity index is 1.67. The van der Waals surface area contributed by atoms with Gasteiger partial charge in [0.05, 0.1) is 15.7 Å². The van der Waals surface area contributed by atoms with Crippen LogP contribution in [0.1, 0.15) is 28.8 Å². The molecule has 2 heterocycles. The number of nitrogens with one attached hydrogen (secondary N) is 1. The summed E-state index contributed by atoms with van der Waals surface area (Å²) >= 11 is 3.44. The van der Waals surface area contributed by atoms with Gasteiger partial charge in [0, 0.05) is 19.2 Å². The lowest BCUT2D eigenvalue weighted by molar-refractivity contribution is 0.102. The zero-order valence-electron chi connectivity index (χ0n) is 17.8. The fourth-order valence-corrected chi connectivity index (χ4v) is 5.94. The van der Waals surface area contributed by atoms with Crippen molar-refractivity contribution in [1.29, 1.82) is 0 Å². The van der Waals surface area contributed by atoms with Crippen LogP contribution in [0.2, 0.25) is 0 Å². The average Bonchev–Trinajstić information content (AvgIpc) is 3.29. The molecule has 1 fully saturated rings. The largest absolute Gasteiger partial charge is 0.455 e. The van der Waals surface area contributed by atoms with Crippen LogP contribution in [0.15, 0.2) is 64.0 Å². The number of benzene rings is 3. The van der Waals surface area contributed by atoms with Crippen LogP contribution in [-0.2, 0) is 10.0 Å². The number of carbonyl (C=O) groups excluding carboxylic acids is 1. The molecule has 0 spiro atoms. The van der Waals surface area contributed by atoms with Crippen LogP contribution in [0.3, 0.4) is 0 Å². The first kappa shape index (κ1) is 21.9. The SMILES string of the molecule is Cc1ccc2c(c1)NC(=O)c1cc(S(=O)(=O)N3CCCC3)c(Oc3ccccc3Br)cc1O2. The van der Waals surface area contributed by atoms with Gasteiger partial charge >= 0.3 is 0 Å². The van der Waals surface area contributed by atoms with E-state index < -0.39 is 15.9 Å². The highest BCUT2D eigenvalue weighted by atomic mass is 79.9. The molecule has 0 unspecified atom stereocenters. The van der Waals surface area contributed by atoms with Gasteiger partial charge in [-0.15, -0.1) is 0 Å². The number of hydrogen-bond acceptors (Lipinski definition) is 5. The number of fused-ring (bicyclic) bond motifs is 2. The Hall–Kier alpha value is -2.88. The molecule has 0 bridgehead atoms. The van der Waals surface area contributed by atoms with Crippen molar-refractivity contribution in [2.24, 2.45) is 0 Å². The molecule has 33 heavy (non-hydrogen) atoms. The molecule has 0 saturated carbocycles. The molecule has 9 heteroatoms. The number of hydrogen-bond donors (Lipinski definition) is 1. The molecule has 1 N–H and O–H groups in total. The van der Waals surface area contributed by atoms with Crippen molar-refractivity contribution < 1.29 is 22.7 Å². The number of carbonyl (C=O) groups is 1. The van der Waals surface area contributed by atoms with Crippen LogP contribution in [0.4, 0.5) is 5.69 Å². The molecule has 170 valence electrons. The van der Waals surface area contributed by atoms with Gasteiger partial charge in [0.2, 0.25) is 10.0 Å². The number of anilines is 1. The molecule has 2 aliphatic rings. The fraction of sp³-hybridized carbons (Fsp3) is 0.208. The molecule has 0 radical (unpaired) electrons. The van der Waals surface area contributed by atoms with E-state index in [1.807, 2.05) is 19.1 Å². The maximum absolute atomic E-state index is 13.5. The van der Waals surface area contributed by atoms with E-state index >= 15 is 0 Å². The summed E-state index contributed by atoms with van der Waals surface area (Å²) in [5, 5.41) is 2.83. The van der Waals surface area contributed by atoms with Crippen LogP contribution < -0.4 is 14.8 Å². The van der Waals surface area contributed by atoms with Crippen LogP contribution >= 0.6 is 15.9 Å². The molecule has 3 aromatic carbocycles. The van der Waals surface area contributed by atoms with Gasteiger partial charge in [-0.3, -0.25) is 4.79 Å². The number of para-hydroxylation sites is 1. The quantitative estimate of drug-likeness (QED) is 0.469. The summed E-state index contributed by atoms with van der Waals surface area (Å²) in [4.78, 5) is 13.0. The molecule has 7 nitrogen and oxygen atoms in total. The van der Waals surface area contributed by atoms with E-state index in [0.717, 1.165) is 18.4 Å². The molecular formula is C24H21BrN2O5S. The number of sulfonamides is 1. The predicted octanol–water partition coefficient (Wildman–Crippen LogP) is 5.69. The minimum Gasteiger partial charge on any atom is -0.455 e. The zero-order valence-corrected chi connectivity index (χ0v) is 20.2. The van der Waals surface area contributed by atoms with Crippen LogP contribution in [0.5, 0.6) is 23.0 Å². The molecular weight excluding hydrogens is 508 g/mol. The van der Waals surface area contributed by atoms with E-state index in [-0.39, 0.29) is 22.0 Å². The van der Waals surface area contributed by atoms with Crippen LogP contribution in [0, 0.1) is 6.92 Å². The number of aryl methyl sites for hydroxylation is 1. The minimum atomic E-state index is -3.89. The fourth-order valence-electron chi connectivity index (χ4n) is 3.94. The van der Waals surface area contributed by atoms with E-state index in [1.165, 1.54) is 16.4 Å². The first-order valence-electron chi connectivity index (χ1n) is 10.5. The number of rotatable bonds is 4. The minimum absolute atomic E-state index is 0.0696. The normalized spacial score (nSPS) is 15.8. The Kier molecular flexibility index (Phi) is 5.64. The van der Waals surface area contributed by atoms with Gasteiger partial charge in [-0.2, -0.15) is 4.31 Å². The summed E-state index contributed by atoms with van der Waals surface area (Å²) < 4.78 is 41.3. The van der Waals surface area contributed by atoms with Crippen molar-refractivity contribution in [1.82, 2.24) is 4.31 Å². The molecule has 2 aliphatic heterocycles. The monoisotopic (exact) mass is 528 g/mol. The Morgan fingerprint density at radius 3 is 2.52 bits per heavy atom. The van der Waals surface area contributed by atoms with Crippen molar-refractivity contribution in [2.45, 2.75) is 24.7 Å². The molecule has 3 aromatic rings. The topological polar surface area (TPSA) is 84.9 Å². The Bertz CT molecular complexity index is 1370. The number of ether oxygens (including phenoxy) is 2. The lowest BCUT2D eigenvalue weighted by atomic mass is 10.1. The molecule has 1 saturated heterocycles. The summed E-state index contributed by atoms with van der Waals surface area (Å²) in [5.41, 5.74) is 1.60. The maximum atomic E-state index is 13.5. The second-order valence-corrected chi connectivity index (χ2v) is 10.8. The molecule has 0 aromatic heterocycles. The second-order valence-electron chi connectivity index (χ2n) is 7.99. The van der Waals surface area contributed by atoms with E-state index in [1.54, 1.807) is 30.3 Å². The number of nitrogens with zero attached hydrogens (tertiary/aromatic N) is 1. The third kappa shape index (κ3) is 4.12. The van der Waals surface area contributed by atoms with Gasteiger partial charge in [0.1, 0.15) is 16.4 Å². The highest BCUT2D eigenvalue weighted by Gasteiger charge is 2.33. The Morgan fingerprint density at radius 1 is 1.00 bits per heavy atom. The predicted molar refractivity (Wildman–Crippen MR) is 128 cm³/mol. The average molecular weight is 529 g/mol. The molecule has 1 amide bonds. The van der Waals surface area contributed by atoms with Crippen molar-refractivity contribution in [3.8, 4) is 23.0 Å². The Labute approximate surface area is 200 Å². The smallest absolute Gasteiger partial charge is 0.259 e. The van der Waals surface area contributed by atoms with Gasteiger partial charge in [0.15, 0.2) is 11.5 Å². The van der Waals surface area contributed by atoms with Gasteiger partial charge in [-0.25, -0.2) is 8.42 Å². The molecule has 0 atom stereocenters. The highest BCUT2D eigenvalue weighted by molar-refractivity contribution is 9.10. The molecule has 5 rings (SSSR count). The lowest BCUT2D eigenvalue weighted by Gasteiger charge is -2.20. The number of amides is 1. The van der Waals surface area contributed by atoms with Gasteiger partial charge < -0.3 is 14.8 Å². The first-order valence-corrected chi connectivity index (χ1v) is 12.8. The summed E-state index contributed by atoms with van der Waals surface area (Å²) in [6.07, 6.45) is 1.59. The zero-order chi connectivity index (χ0) is 23.2. The third-order valence-electron chi connectivity index (χ3n) is 5.63. The van der Waals surface area contributed by atoms with Crippen molar-refractivity contribution >= 4 is 37.5 Å². The van der Waals surface area contributed by atoms with E-state index in [4.69, 9.17) is 9.47 Å². The Morgan fingerprint density at radius 2 is 1.76 bits per heavy atom. The number of halogens is 1. The highest BCUT2D eigenvalue weighted by Crippen LogP contribution is 2.43. The summed E-state index contributed by atoms with van der Waals surface area (Å²) in [6.45, 7) is 2.78. The van der Waals surface area contributed by atoms with E-state index in [9.17, 15) is 13.2 Å².